The Bertz CT molecular complexity index is 368. The molecule has 0 aromatic heterocycles. The van der Waals surface area contributed by atoms with Crippen molar-refractivity contribution in [3.8, 4) is 5.75 Å². The molecule has 0 saturated carbocycles. The number of carbonyl (C=O) groups excluding carboxylic acids is 1. The number of halogens is 2. The summed E-state index contributed by atoms with van der Waals surface area (Å²) in [5.74, 6) is -4.03. The van der Waals surface area contributed by atoms with Crippen LogP contribution in [0.3, 0.4) is 0 Å². The van der Waals surface area contributed by atoms with Crippen LogP contribution in [0, 0.1) is 0 Å². The Morgan fingerprint density at radius 2 is 1.82 bits per heavy atom. The third-order valence-electron chi connectivity index (χ3n) is 2.07. The summed E-state index contributed by atoms with van der Waals surface area (Å²) in [7, 11) is 1.55. The van der Waals surface area contributed by atoms with Crippen molar-refractivity contribution in [3.63, 3.8) is 0 Å². The van der Waals surface area contributed by atoms with Crippen LogP contribution in [0.25, 0.3) is 0 Å². The summed E-state index contributed by atoms with van der Waals surface area (Å²) < 4.78 is 35.5. The monoisotopic (exact) mass is 244 g/mol. The second kappa shape index (κ2) is 5.72. The number of Topliss-reactive ketones (excluding diaryl/α,β-unsaturated/α-hetero) is 1. The van der Waals surface area contributed by atoms with Crippen LogP contribution in [0.5, 0.6) is 5.75 Å². The lowest BCUT2D eigenvalue weighted by Gasteiger charge is -2.09. The molecule has 0 N–H and O–H groups in total. The molecule has 3 nitrogen and oxygen atoms in total. The van der Waals surface area contributed by atoms with Crippen molar-refractivity contribution in [2.75, 3.05) is 20.3 Å². The van der Waals surface area contributed by atoms with Gasteiger partial charge in [-0.25, -0.2) is 0 Å². The van der Waals surface area contributed by atoms with Crippen molar-refractivity contribution < 1.29 is 23.0 Å². The van der Waals surface area contributed by atoms with Crippen molar-refractivity contribution in [2.45, 2.75) is 12.8 Å². The molecule has 1 rings (SSSR count). The Morgan fingerprint density at radius 3 is 2.29 bits per heavy atom. The number of alkyl halides is 2. The lowest BCUT2D eigenvalue weighted by atomic mass is 10.1. The molecule has 0 radical (unpaired) electrons. The molecule has 17 heavy (non-hydrogen) atoms. The van der Waals surface area contributed by atoms with E-state index >= 15 is 0 Å². The second-order valence-electron chi connectivity index (χ2n) is 3.58. The maximum Gasteiger partial charge on any atom is 0.307 e. The molecular formula is C12H14F2O3. The molecule has 0 bridgehead atoms. The van der Waals surface area contributed by atoms with Gasteiger partial charge in [-0.05, 0) is 24.3 Å². The number of benzene rings is 1. The van der Waals surface area contributed by atoms with Crippen LogP contribution < -0.4 is 4.74 Å². The summed E-state index contributed by atoms with van der Waals surface area (Å²) in [4.78, 5) is 11.2. The Morgan fingerprint density at radius 1 is 1.24 bits per heavy atom. The van der Waals surface area contributed by atoms with Crippen molar-refractivity contribution >= 4 is 5.78 Å². The molecule has 5 heteroatoms. The van der Waals surface area contributed by atoms with Gasteiger partial charge in [0.25, 0.3) is 0 Å². The van der Waals surface area contributed by atoms with E-state index in [1.807, 2.05) is 0 Å². The summed E-state index contributed by atoms with van der Waals surface area (Å²) in [6.45, 7) is 1.39. The number of carbonyl (C=O) groups is 1. The number of ether oxygens (including phenoxy) is 2. The summed E-state index contributed by atoms with van der Waals surface area (Å²) in [5, 5.41) is 0. The zero-order valence-electron chi connectivity index (χ0n) is 9.70. The van der Waals surface area contributed by atoms with E-state index in [9.17, 15) is 13.6 Å². The van der Waals surface area contributed by atoms with E-state index in [2.05, 4.69) is 0 Å². The van der Waals surface area contributed by atoms with E-state index < -0.39 is 11.7 Å². The summed E-state index contributed by atoms with van der Waals surface area (Å²) >= 11 is 0. The van der Waals surface area contributed by atoms with E-state index in [0.717, 1.165) is 0 Å². The molecule has 0 amide bonds. The van der Waals surface area contributed by atoms with Crippen molar-refractivity contribution in [3.05, 3.63) is 29.8 Å². The van der Waals surface area contributed by atoms with Gasteiger partial charge >= 0.3 is 5.92 Å². The molecular weight excluding hydrogens is 230 g/mol. The summed E-state index contributed by atoms with van der Waals surface area (Å²) in [6.07, 6.45) is 0. The molecule has 0 fully saturated rings. The fourth-order valence-corrected chi connectivity index (χ4v) is 1.20. The topological polar surface area (TPSA) is 35.5 Å². The highest BCUT2D eigenvalue weighted by Crippen LogP contribution is 2.21. The molecule has 0 aliphatic carbocycles. The van der Waals surface area contributed by atoms with Gasteiger partial charge in [0.1, 0.15) is 12.4 Å². The van der Waals surface area contributed by atoms with Gasteiger partial charge in [-0.1, -0.05) is 0 Å². The van der Waals surface area contributed by atoms with Gasteiger partial charge in [-0.3, -0.25) is 4.79 Å². The standard InChI is InChI=1S/C12H14F2O3/c1-12(13,14)11(15)9-3-5-10(6-4-9)17-8-7-16-2/h3-6H,7-8H2,1-2H3. The van der Waals surface area contributed by atoms with E-state index in [-0.39, 0.29) is 5.56 Å². The molecule has 0 heterocycles. The van der Waals surface area contributed by atoms with Crippen molar-refractivity contribution in [1.82, 2.24) is 0 Å². The zero-order chi connectivity index (χ0) is 12.9. The van der Waals surface area contributed by atoms with E-state index in [4.69, 9.17) is 9.47 Å². The lowest BCUT2D eigenvalue weighted by Crippen LogP contribution is -2.24. The Hall–Kier alpha value is -1.49. The first-order valence-corrected chi connectivity index (χ1v) is 5.09. The zero-order valence-corrected chi connectivity index (χ0v) is 9.70. The Balaban J connectivity index is 2.65. The maximum atomic E-state index is 12.8. The van der Waals surface area contributed by atoms with Gasteiger partial charge in [0, 0.05) is 19.6 Å². The number of methoxy groups -OCH3 is 1. The fourth-order valence-electron chi connectivity index (χ4n) is 1.20. The SMILES string of the molecule is COCCOc1ccc(C(=O)C(C)(F)F)cc1. The normalized spacial score (nSPS) is 11.3. The van der Waals surface area contributed by atoms with Gasteiger partial charge < -0.3 is 9.47 Å². The molecule has 0 saturated heterocycles. The highest BCUT2D eigenvalue weighted by molar-refractivity contribution is 6.01. The Kier molecular flexibility index (Phi) is 4.57. The van der Waals surface area contributed by atoms with Crippen LogP contribution in [0.4, 0.5) is 8.78 Å². The first kappa shape index (κ1) is 13.6. The average Bonchev–Trinajstić information content (AvgIpc) is 2.28. The van der Waals surface area contributed by atoms with Gasteiger partial charge in [-0.15, -0.1) is 0 Å². The number of rotatable bonds is 6. The van der Waals surface area contributed by atoms with Crippen LogP contribution in [0.1, 0.15) is 17.3 Å². The van der Waals surface area contributed by atoms with Crippen LogP contribution >= 0.6 is 0 Å². The molecule has 0 aliphatic heterocycles. The fraction of sp³-hybridized carbons (Fsp3) is 0.417. The largest absolute Gasteiger partial charge is 0.491 e. The minimum Gasteiger partial charge on any atom is -0.491 e. The molecule has 0 atom stereocenters. The number of hydrogen-bond donors (Lipinski definition) is 0. The maximum absolute atomic E-state index is 12.8. The summed E-state index contributed by atoms with van der Waals surface area (Å²) in [6, 6.07) is 5.60. The second-order valence-corrected chi connectivity index (χ2v) is 3.58. The summed E-state index contributed by atoms with van der Waals surface area (Å²) in [5.41, 5.74) is -0.0309. The van der Waals surface area contributed by atoms with Crippen molar-refractivity contribution in [2.24, 2.45) is 0 Å². The highest BCUT2D eigenvalue weighted by atomic mass is 19.3. The van der Waals surface area contributed by atoms with E-state index in [1.165, 1.54) is 24.3 Å². The van der Waals surface area contributed by atoms with Gasteiger partial charge in [0.2, 0.25) is 5.78 Å². The Labute approximate surface area is 98.3 Å². The third-order valence-corrected chi connectivity index (χ3v) is 2.07. The first-order chi connectivity index (χ1) is 7.95. The van der Waals surface area contributed by atoms with E-state index in [0.29, 0.717) is 25.9 Å². The molecule has 0 spiro atoms. The van der Waals surface area contributed by atoms with Gasteiger partial charge in [0.05, 0.1) is 6.61 Å². The average molecular weight is 244 g/mol. The lowest BCUT2D eigenvalue weighted by molar-refractivity contribution is 0.0221. The van der Waals surface area contributed by atoms with Crippen LogP contribution in [-0.4, -0.2) is 32.0 Å². The van der Waals surface area contributed by atoms with Gasteiger partial charge in [-0.2, -0.15) is 8.78 Å². The predicted octanol–water partition coefficient (Wildman–Crippen LogP) is 2.55. The first-order valence-electron chi connectivity index (χ1n) is 5.09. The smallest absolute Gasteiger partial charge is 0.307 e. The third kappa shape index (κ3) is 4.11. The minimum atomic E-state index is -3.35. The van der Waals surface area contributed by atoms with Crippen LogP contribution in [-0.2, 0) is 4.74 Å². The highest BCUT2D eigenvalue weighted by Gasteiger charge is 2.32. The van der Waals surface area contributed by atoms with Crippen LogP contribution in [0.15, 0.2) is 24.3 Å². The van der Waals surface area contributed by atoms with Crippen LogP contribution in [0.2, 0.25) is 0 Å². The molecule has 94 valence electrons. The van der Waals surface area contributed by atoms with E-state index in [1.54, 1.807) is 7.11 Å². The molecule has 0 unspecified atom stereocenters. The predicted molar refractivity (Wildman–Crippen MR) is 58.8 cm³/mol. The minimum absolute atomic E-state index is 0.0309. The molecule has 0 aliphatic rings. The number of ketones is 1. The van der Waals surface area contributed by atoms with Crippen molar-refractivity contribution in [1.29, 1.82) is 0 Å². The quantitative estimate of drug-likeness (QED) is 0.570. The molecule has 1 aromatic rings. The van der Waals surface area contributed by atoms with Gasteiger partial charge in [0.15, 0.2) is 0 Å². The number of hydrogen-bond acceptors (Lipinski definition) is 3. The molecule has 1 aromatic carbocycles.